The fourth-order valence-electron chi connectivity index (χ4n) is 4.52. The number of sulfone groups is 1. The summed E-state index contributed by atoms with van der Waals surface area (Å²) in [5.74, 6) is -1.09. The van der Waals surface area contributed by atoms with Crippen LogP contribution in [0, 0.1) is 27.7 Å². The Labute approximate surface area is 224 Å². The first-order valence-corrected chi connectivity index (χ1v) is 16.6. The van der Waals surface area contributed by atoms with E-state index in [1.54, 1.807) is 52.0 Å². The van der Waals surface area contributed by atoms with Gasteiger partial charge in [0.25, 0.3) is 20.0 Å². The van der Waals surface area contributed by atoms with Crippen LogP contribution in [0.4, 0.5) is 11.4 Å². The van der Waals surface area contributed by atoms with Gasteiger partial charge in [-0.25, -0.2) is 25.3 Å². The van der Waals surface area contributed by atoms with Crippen LogP contribution in [-0.2, 0) is 29.9 Å². The fraction of sp³-hybridized carbons (Fsp3) is 0.308. The number of aliphatic hydroxyl groups is 1. The van der Waals surface area contributed by atoms with E-state index in [0.717, 1.165) is 9.87 Å². The minimum Gasteiger partial charge on any atom is -0.390 e. The van der Waals surface area contributed by atoms with Gasteiger partial charge >= 0.3 is 0 Å². The lowest BCUT2D eigenvalue weighted by Crippen LogP contribution is -2.47. The third kappa shape index (κ3) is 5.58. The molecule has 38 heavy (non-hydrogen) atoms. The van der Waals surface area contributed by atoms with E-state index in [4.69, 9.17) is 0 Å². The summed E-state index contributed by atoms with van der Waals surface area (Å²) in [6, 6.07) is 14.4. The van der Waals surface area contributed by atoms with Crippen LogP contribution in [0.25, 0.3) is 0 Å². The Bertz CT molecular complexity index is 1700. The highest BCUT2D eigenvalue weighted by Crippen LogP contribution is 2.33. The Morgan fingerprint density at radius 1 is 0.789 bits per heavy atom. The SMILES string of the molecule is Cc1ccc(C)c(S(=O)(=O)Nc2ccc(N([C@@H]3CS(=O)(=O)C[C@H]3O)S(=O)(=O)c3cc(C)ccc3C)cc2)c1. The molecule has 3 aromatic carbocycles. The molecule has 0 amide bonds. The van der Waals surface area contributed by atoms with Gasteiger partial charge in [0.05, 0.1) is 39.1 Å². The second-order valence-electron chi connectivity index (χ2n) is 9.70. The smallest absolute Gasteiger partial charge is 0.264 e. The maximum atomic E-state index is 13.9. The Balaban J connectivity index is 1.76. The lowest BCUT2D eigenvalue weighted by molar-refractivity contribution is 0.184. The first kappa shape index (κ1) is 28.1. The van der Waals surface area contributed by atoms with Crippen molar-refractivity contribution in [3.8, 4) is 0 Å². The summed E-state index contributed by atoms with van der Waals surface area (Å²) >= 11 is 0. The van der Waals surface area contributed by atoms with Gasteiger partial charge < -0.3 is 5.11 Å². The third-order valence-corrected chi connectivity index (χ3v) is 11.7. The van der Waals surface area contributed by atoms with Crippen LogP contribution >= 0.6 is 0 Å². The number of sulfonamides is 2. The molecule has 1 aliphatic heterocycles. The summed E-state index contributed by atoms with van der Waals surface area (Å²) in [5.41, 5.74) is 2.81. The molecule has 204 valence electrons. The van der Waals surface area contributed by atoms with E-state index in [-0.39, 0.29) is 21.2 Å². The van der Waals surface area contributed by atoms with E-state index in [9.17, 15) is 30.4 Å². The number of hydrogen-bond donors (Lipinski definition) is 2. The van der Waals surface area contributed by atoms with Gasteiger partial charge in [-0.1, -0.05) is 24.3 Å². The molecule has 1 heterocycles. The second kappa shape index (κ2) is 9.99. The van der Waals surface area contributed by atoms with E-state index < -0.39 is 53.5 Å². The Morgan fingerprint density at radius 2 is 1.32 bits per heavy atom. The number of nitrogens with zero attached hydrogens (tertiary/aromatic N) is 1. The number of anilines is 2. The number of aryl methyl sites for hydroxylation is 4. The zero-order chi connectivity index (χ0) is 28.0. The number of hydrogen-bond acceptors (Lipinski definition) is 7. The summed E-state index contributed by atoms with van der Waals surface area (Å²) in [5, 5.41) is 10.6. The van der Waals surface area contributed by atoms with Gasteiger partial charge in [-0.05, 0) is 86.3 Å². The highest BCUT2D eigenvalue weighted by atomic mass is 32.2. The maximum absolute atomic E-state index is 13.9. The zero-order valence-corrected chi connectivity index (χ0v) is 23.9. The van der Waals surface area contributed by atoms with Crippen LogP contribution in [0.2, 0.25) is 0 Å². The second-order valence-corrected chi connectivity index (χ2v) is 15.3. The first-order chi connectivity index (χ1) is 17.6. The average molecular weight is 579 g/mol. The van der Waals surface area contributed by atoms with Crippen LogP contribution < -0.4 is 9.03 Å². The molecule has 2 N–H and O–H groups in total. The molecule has 9 nitrogen and oxygen atoms in total. The molecular weight excluding hydrogens is 548 g/mol. The molecule has 0 bridgehead atoms. The van der Waals surface area contributed by atoms with Crippen molar-refractivity contribution in [2.45, 2.75) is 49.6 Å². The van der Waals surface area contributed by atoms with E-state index in [0.29, 0.717) is 16.7 Å². The predicted molar refractivity (Wildman–Crippen MR) is 147 cm³/mol. The van der Waals surface area contributed by atoms with Crippen LogP contribution in [0.5, 0.6) is 0 Å². The monoisotopic (exact) mass is 578 g/mol. The van der Waals surface area contributed by atoms with Gasteiger partial charge in [0.15, 0.2) is 9.84 Å². The maximum Gasteiger partial charge on any atom is 0.264 e. The van der Waals surface area contributed by atoms with Gasteiger partial charge in [-0.2, -0.15) is 0 Å². The van der Waals surface area contributed by atoms with Crippen molar-refractivity contribution in [3.63, 3.8) is 0 Å². The van der Waals surface area contributed by atoms with Gasteiger partial charge in [-0.15, -0.1) is 0 Å². The molecule has 0 spiro atoms. The number of rotatable bonds is 7. The molecule has 2 atom stereocenters. The molecule has 0 radical (unpaired) electrons. The van der Waals surface area contributed by atoms with E-state index in [2.05, 4.69) is 4.72 Å². The van der Waals surface area contributed by atoms with Crippen LogP contribution in [-0.4, -0.2) is 54.0 Å². The summed E-state index contributed by atoms with van der Waals surface area (Å²) in [7, 11) is -11.9. The Kier molecular flexibility index (Phi) is 7.38. The number of aliphatic hydroxyl groups excluding tert-OH is 1. The van der Waals surface area contributed by atoms with Gasteiger partial charge in [0.1, 0.15) is 0 Å². The molecule has 3 aromatic rings. The van der Waals surface area contributed by atoms with E-state index in [1.807, 2.05) is 6.07 Å². The Morgan fingerprint density at radius 3 is 1.84 bits per heavy atom. The van der Waals surface area contributed by atoms with Gasteiger partial charge in [-0.3, -0.25) is 9.03 Å². The molecule has 12 heteroatoms. The normalized spacial score (nSPS) is 19.3. The van der Waals surface area contributed by atoms with Crippen LogP contribution in [0.1, 0.15) is 22.3 Å². The summed E-state index contributed by atoms with van der Waals surface area (Å²) in [4.78, 5) is 0.119. The van der Waals surface area contributed by atoms with E-state index in [1.165, 1.54) is 30.3 Å². The quantitative estimate of drug-likeness (QED) is 0.439. The minimum atomic E-state index is -4.30. The van der Waals surface area contributed by atoms with E-state index >= 15 is 0 Å². The minimum absolute atomic E-state index is 0.00583. The van der Waals surface area contributed by atoms with Crippen molar-refractivity contribution in [3.05, 3.63) is 82.9 Å². The summed E-state index contributed by atoms with van der Waals surface area (Å²) in [6.07, 6.45) is -1.43. The molecule has 0 aliphatic carbocycles. The lowest BCUT2D eigenvalue weighted by Gasteiger charge is -2.32. The van der Waals surface area contributed by atoms with Gasteiger partial charge in [0, 0.05) is 5.69 Å². The topological polar surface area (TPSA) is 138 Å². The van der Waals surface area contributed by atoms with Crippen molar-refractivity contribution in [1.29, 1.82) is 0 Å². The standard InChI is InChI=1S/C26H30N2O7S3/c1-17-5-7-19(3)25(13-17)37(32,33)27-21-9-11-22(12-10-21)28(23-15-36(30,31)16-24(23)29)38(34,35)26-14-18(2)6-8-20(26)4/h5-14,23-24,27,29H,15-16H2,1-4H3/t23-,24-/m1/s1. The molecule has 1 saturated heterocycles. The summed E-state index contributed by atoms with van der Waals surface area (Å²) in [6.45, 7) is 6.86. The van der Waals surface area contributed by atoms with Crippen LogP contribution in [0.3, 0.4) is 0 Å². The molecule has 0 saturated carbocycles. The fourth-order valence-corrected chi connectivity index (χ4v) is 9.76. The number of nitrogens with one attached hydrogen (secondary N) is 1. The van der Waals surface area contributed by atoms with Crippen molar-refractivity contribution >= 4 is 41.3 Å². The molecule has 0 aromatic heterocycles. The molecule has 1 aliphatic rings. The largest absolute Gasteiger partial charge is 0.390 e. The third-order valence-electron chi connectivity index (χ3n) is 6.48. The molecule has 0 unspecified atom stereocenters. The highest BCUT2D eigenvalue weighted by Gasteiger charge is 2.45. The predicted octanol–water partition coefficient (Wildman–Crippen LogP) is 3.07. The molecule has 4 rings (SSSR count). The van der Waals surface area contributed by atoms with Crippen molar-refractivity contribution < 1.29 is 30.4 Å². The van der Waals surface area contributed by atoms with Crippen molar-refractivity contribution in [2.75, 3.05) is 20.5 Å². The highest BCUT2D eigenvalue weighted by molar-refractivity contribution is 7.93. The molecule has 1 fully saturated rings. The molecular formula is C26H30N2O7S3. The summed E-state index contributed by atoms with van der Waals surface area (Å²) < 4.78 is 81.9. The average Bonchev–Trinajstić information content (AvgIpc) is 3.09. The first-order valence-electron chi connectivity index (χ1n) is 11.8. The lowest BCUT2D eigenvalue weighted by atomic mass is 10.2. The number of benzene rings is 3. The van der Waals surface area contributed by atoms with Gasteiger partial charge in [0.2, 0.25) is 0 Å². The van der Waals surface area contributed by atoms with Crippen molar-refractivity contribution in [1.82, 2.24) is 0 Å². The zero-order valence-electron chi connectivity index (χ0n) is 21.4. The van der Waals surface area contributed by atoms with Crippen LogP contribution in [0.15, 0.2) is 70.5 Å². The Hall–Kier alpha value is -2.93. The van der Waals surface area contributed by atoms with Crippen molar-refractivity contribution in [2.24, 2.45) is 0 Å².